The van der Waals surface area contributed by atoms with E-state index in [-0.39, 0.29) is 17.2 Å². The first-order valence-electron chi connectivity index (χ1n) is 6.80. The Hall–Kier alpha value is -2.01. The summed E-state index contributed by atoms with van der Waals surface area (Å²) >= 11 is 0. The zero-order valence-corrected chi connectivity index (χ0v) is 12.3. The summed E-state index contributed by atoms with van der Waals surface area (Å²) in [6.45, 7) is 5.92. The van der Waals surface area contributed by atoms with Crippen molar-refractivity contribution in [2.75, 3.05) is 0 Å². The van der Waals surface area contributed by atoms with Crippen molar-refractivity contribution in [3.05, 3.63) is 63.6 Å². The van der Waals surface area contributed by atoms with Crippen molar-refractivity contribution in [1.29, 1.82) is 0 Å². The predicted molar refractivity (Wildman–Crippen MR) is 78.7 cm³/mol. The van der Waals surface area contributed by atoms with Crippen LogP contribution in [0.25, 0.3) is 5.69 Å². The molecule has 5 heteroatoms. The molecule has 0 spiro atoms. The normalized spacial score (nSPS) is 11.1. The quantitative estimate of drug-likeness (QED) is 0.940. The number of pyridine rings is 1. The van der Waals surface area contributed by atoms with E-state index in [0.29, 0.717) is 17.8 Å². The van der Waals surface area contributed by atoms with E-state index in [1.807, 2.05) is 13.8 Å². The van der Waals surface area contributed by atoms with Crippen LogP contribution in [0.2, 0.25) is 0 Å². The number of aryl methyl sites for hydroxylation is 1. The highest BCUT2D eigenvalue weighted by atomic mass is 19.1. The van der Waals surface area contributed by atoms with Crippen LogP contribution in [0.1, 0.15) is 25.1 Å². The van der Waals surface area contributed by atoms with Gasteiger partial charge < -0.3 is 9.88 Å². The molecule has 2 rings (SSSR count). The van der Waals surface area contributed by atoms with Crippen molar-refractivity contribution in [3.8, 4) is 5.69 Å². The summed E-state index contributed by atoms with van der Waals surface area (Å²) in [6.07, 6.45) is 1.49. The third-order valence-electron chi connectivity index (χ3n) is 3.20. The molecule has 2 aromatic rings. The van der Waals surface area contributed by atoms with E-state index in [9.17, 15) is 13.6 Å². The van der Waals surface area contributed by atoms with Gasteiger partial charge in [0.05, 0.1) is 0 Å². The summed E-state index contributed by atoms with van der Waals surface area (Å²) in [5.41, 5.74) is 0.642. The molecule has 0 atom stereocenters. The molecule has 1 heterocycles. The van der Waals surface area contributed by atoms with E-state index in [4.69, 9.17) is 0 Å². The van der Waals surface area contributed by atoms with Crippen LogP contribution in [-0.4, -0.2) is 10.6 Å². The number of aromatic nitrogens is 1. The van der Waals surface area contributed by atoms with Crippen molar-refractivity contribution < 1.29 is 8.78 Å². The van der Waals surface area contributed by atoms with Gasteiger partial charge >= 0.3 is 0 Å². The Morgan fingerprint density at radius 2 is 1.86 bits per heavy atom. The van der Waals surface area contributed by atoms with Gasteiger partial charge in [0.1, 0.15) is 17.3 Å². The lowest BCUT2D eigenvalue weighted by Gasteiger charge is -2.15. The van der Waals surface area contributed by atoms with Gasteiger partial charge in [0.2, 0.25) is 0 Å². The fourth-order valence-electron chi connectivity index (χ4n) is 2.08. The Labute approximate surface area is 122 Å². The van der Waals surface area contributed by atoms with Crippen molar-refractivity contribution in [2.45, 2.75) is 33.4 Å². The summed E-state index contributed by atoms with van der Waals surface area (Å²) in [5.74, 6) is -1.32. The van der Waals surface area contributed by atoms with Crippen LogP contribution in [0, 0.1) is 18.6 Å². The molecule has 3 nitrogen and oxygen atoms in total. The SMILES string of the molecule is Cc1cc(=O)c(CNC(C)C)cn1-c1c(F)cccc1F. The summed E-state index contributed by atoms with van der Waals surface area (Å²) in [4.78, 5) is 12.0. The van der Waals surface area contributed by atoms with Crippen LogP contribution in [-0.2, 0) is 6.54 Å². The van der Waals surface area contributed by atoms with Gasteiger partial charge in [-0.25, -0.2) is 8.78 Å². The number of hydrogen-bond acceptors (Lipinski definition) is 2. The molecular formula is C16H18F2N2O. The van der Waals surface area contributed by atoms with Gasteiger partial charge in [-0.05, 0) is 19.1 Å². The Morgan fingerprint density at radius 3 is 2.43 bits per heavy atom. The third kappa shape index (κ3) is 3.36. The van der Waals surface area contributed by atoms with Gasteiger partial charge in [0.25, 0.3) is 0 Å². The zero-order valence-electron chi connectivity index (χ0n) is 12.3. The third-order valence-corrected chi connectivity index (χ3v) is 3.20. The smallest absolute Gasteiger partial charge is 0.186 e. The average Bonchev–Trinajstić information content (AvgIpc) is 2.39. The Balaban J connectivity index is 2.54. The van der Waals surface area contributed by atoms with E-state index in [0.717, 1.165) is 0 Å². The number of nitrogens with one attached hydrogen (secondary N) is 1. The Kier molecular flexibility index (Phi) is 4.53. The van der Waals surface area contributed by atoms with Crippen LogP contribution in [0.3, 0.4) is 0 Å². The topological polar surface area (TPSA) is 34.0 Å². The van der Waals surface area contributed by atoms with Gasteiger partial charge in [0.15, 0.2) is 5.43 Å². The van der Waals surface area contributed by atoms with Crippen molar-refractivity contribution >= 4 is 0 Å². The lowest BCUT2D eigenvalue weighted by molar-refractivity contribution is 0.562. The van der Waals surface area contributed by atoms with Crippen LogP contribution >= 0.6 is 0 Å². The van der Waals surface area contributed by atoms with Gasteiger partial charge in [-0.3, -0.25) is 4.79 Å². The molecule has 0 aliphatic carbocycles. The molecule has 1 aromatic carbocycles. The summed E-state index contributed by atoms with van der Waals surface area (Å²) < 4.78 is 29.2. The molecule has 0 saturated heterocycles. The molecule has 0 aliphatic rings. The molecule has 112 valence electrons. The maximum atomic E-state index is 13.9. The predicted octanol–water partition coefficient (Wildman–Crippen LogP) is 2.92. The van der Waals surface area contributed by atoms with E-state index >= 15 is 0 Å². The highest BCUT2D eigenvalue weighted by molar-refractivity contribution is 5.38. The Morgan fingerprint density at radius 1 is 1.24 bits per heavy atom. The summed E-state index contributed by atoms with van der Waals surface area (Å²) in [6, 6.07) is 5.31. The van der Waals surface area contributed by atoms with Crippen molar-refractivity contribution in [1.82, 2.24) is 9.88 Å². The van der Waals surface area contributed by atoms with E-state index in [1.54, 1.807) is 6.92 Å². The maximum absolute atomic E-state index is 13.9. The zero-order chi connectivity index (χ0) is 15.6. The number of nitrogens with zero attached hydrogens (tertiary/aromatic N) is 1. The van der Waals surface area contributed by atoms with Crippen LogP contribution in [0.15, 0.2) is 35.3 Å². The van der Waals surface area contributed by atoms with Gasteiger partial charge in [0, 0.05) is 36.1 Å². The second kappa shape index (κ2) is 6.18. The van der Waals surface area contributed by atoms with E-state index < -0.39 is 11.6 Å². The molecular weight excluding hydrogens is 274 g/mol. The average molecular weight is 292 g/mol. The lowest BCUT2D eigenvalue weighted by atomic mass is 10.2. The van der Waals surface area contributed by atoms with Crippen molar-refractivity contribution in [3.63, 3.8) is 0 Å². The molecule has 0 unspecified atom stereocenters. The molecule has 0 fully saturated rings. The summed E-state index contributed by atoms with van der Waals surface area (Å²) in [5, 5.41) is 3.13. The van der Waals surface area contributed by atoms with E-state index in [2.05, 4.69) is 5.32 Å². The monoisotopic (exact) mass is 292 g/mol. The van der Waals surface area contributed by atoms with Crippen LogP contribution in [0.5, 0.6) is 0 Å². The highest BCUT2D eigenvalue weighted by Crippen LogP contribution is 2.19. The van der Waals surface area contributed by atoms with Gasteiger partial charge in [-0.15, -0.1) is 0 Å². The molecule has 0 saturated carbocycles. The molecule has 1 aromatic heterocycles. The second-order valence-electron chi connectivity index (χ2n) is 5.28. The minimum Gasteiger partial charge on any atom is -0.316 e. The number of hydrogen-bond donors (Lipinski definition) is 1. The fraction of sp³-hybridized carbons (Fsp3) is 0.312. The number of para-hydroxylation sites is 1. The number of halogens is 2. The van der Waals surface area contributed by atoms with Crippen LogP contribution < -0.4 is 10.7 Å². The van der Waals surface area contributed by atoms with Crippen LogP contribution in [0.4, 0.5) is 8.78 Å². The first-order valence-corrected chi connectivity index (χ1v) is 6.80. The van der Waals surface area contributed by atoms with Gasteiger partial charge in [-0.2, -0.15) is 0 Å². The fourth-order valence-corrected chi connectivity index (χ4v) is 2.08. The minimum absolute atomic E-state index is 0.145. The first kappa shape index (κ1) is 15.4. The summed E-state index contributed by atoms with van der Waals surface area (Å²) in [7, 11) is 0. The standard InChI is InChI=1S/C16H18F2N2O/c1-10(2)19-8-12-9-20(11(3)7-15(12)21)16-13(17)5-4-6-14(16)18/h4-7,9-10,19H,8H2,1-3H3. The first-order chi connectivity index (χ1) is 9.90. The number of benzene rings is 1. The van der Waals surface area contributed by atoms with Crippen molar-refractivity contribution in [2.24, 2.45) is 0 Å². The lowest BCUT2D eigenvalue weighted by Crippen LogP contribution is -2.26. The Bertz CT molecular complexity index is 688. The molecule has 0 radical (unpaired) electrons. The van der Waals surface area contributed by atoms with Gasteiger partial charge in [-0.1, -0.05) is 19.9 Å². The minimum atomic E-state index is -0.662. The molecule has 0 bridgehead atoms. The molecule has 0 amide bonds. The second-order valence-corrected chi connectivity index (χ2v) is 5.28. The molecule has 1 N–H and O–H groups in total. The number of rotatable bonds is 4. The molecule has 0 aliphatic heterocycles. The molecule has 21 heavy (non-hydrogen) atoms. The highest BCUT2D eigenvalue weighted by Gasteiger charge is 2.13. The largest absolute Gasteiger partial charge is 0.316 e. The van der Waals surface area contributed by atoms with E-state index in [1.165, 1.54) is 35.0 Å². The maximum Gasteiger partial charge on any atom is 0.186 e.